The maximum atomic E-state index is 11.0. The van der Waals surface area contributed by atoms with Gasteiger partial charge in [-0.25, -0.2) is 0 Å². The standard InChI is InChI=1S/C7H12O/c1-6(8)7-4-2-3-5-7/h7H,2-5H2,1H3/i4D2,5D2. The van der Waals surface area contributed by atoms with Crippen LogP contribution in [0.1, 0.15) is 38.0 Å². The zero-order chi connectivity index (χ0) is 9.57. The van der Waals surface area contributed by atoms with E-state index >= 15 is 0 Å². The summed E-state index contributed by atoms with van der Waals surface area (Å²) in [5.74, 6) is -1.47. The van der Waals surface area contributed by atoms with Gasteiger partial charge in [0.25, 0.3) is 0 Å². The minimum atomic E-state index is -1.66. The van der Waals surface area contributed by atoms with E-state index in [2.05, 4.69) is 0 Å². The van der Waals surface area contributed by atoms with E-state index in [0.717, 1.165) is 0 Å². The van der Waals surface area contributed by atoms with Crippen molar-refractivity contribution < 1.29 is 10.3 Å². The van der Waals surface area contributed by atoms with Crippen molar-refractivity contribution in [2.24, 2.45) is 5.92 Å². The molecule has 46 valence electrons. The van der Waals surface area contributed by atoms with Gasteiger partial charge >= 0.3 is 0 Å². The lowest BCUT2D eigenvalue weighted by molar-refractivity contribution is -0.120. The van der Waals surface area contributed by atoms with Crippen molar-refractivity contribution in [1.29, 1.82) is 0 Å². The third-order valence-corrected chi connectivity index (χ3v) is 1.23. The SMILES string of the molecule is [2H]C1([2H])CCC([2H])([2H])C1C(C)=O. The fourth-order valence-corrected chi connectivity index (χ4v) is 0.793. The fraction of sp³-hybridized carbons (Fsp3) is 0.857. The molecule has 0 amide bonds. The minimum absolute atomic E-state index is 0.143. The number of carbonyl (C=O) groups is 1. The summed E-state index contributed by atoms with van der Waals surface area (Å²) in [6.07, 6.45) is -3.03. The Hall–Kier alpha value is -0.330. The second kappa shape index (κ2) is 2.29. The maximum Gasteiger partial charge on any atom is 0.132 e. The smallest absolute Gasteiger partial charge is 0.132 e. The highest BCUT2D eigenvalue weighted by Gasteiger charge is 2.18. The van der Waals surface area contributed by atoms with Crippen LogP contribution in [-0.4, -0.2) is 5.78 Å². The molecule has 8 heavy (non-hydrogen) atoms. The molecule has 1 nitrogen and oxygen atoms in total. The molecule has 0 aromatic heterocycles. The molecule has 0 unspecified atom stereocenters. The Kier molecular flexibility index (Phi) is 0.718. The van der Waals surface area contributed by atoms with Crippen LogP contribution in [0.2, 0.25) is 0 Å². The van der Waals surface area contributed by atoms with Gasteiger partial charge in [0, 0.05) is 11.4 Å². The van der Waals surface area contributed by atoms with E-state index in [9.17, 15) is 4.79 Å². The zero-order valence-corrected chi connectivity index (χ0v) is 4.90. The highest BCUT2D eigenvalue weighted by atomic mass is 16.1. The Morgan fingerprint density at radius 1 is 1.62 bits per heavy atom. The van der Waals surface area contributed by atoms with Crippen LogP contribution in [-0.2, 0) is 4.79 Å². The average Bonchev–Trinajstić information content (AvgIpc) is 2.01. The van der Waals surface area contributed by atoms with Gasteiger partial charge in [0.2, 0.25) is 0 Å². The van der Waals surface area contributed by atoms with Gasteiger partial charge in [0.1, 0.15) is 5.78 Å². The van der Waals surface area contributed by atoms with Gasteiger partial charge in [-0.05, 0) is 19.7 Å². The number of rotatable bonds is 1. The Bertz CT molecular complexity index is 195. The minimum Gasteiger partial charge on any atom is -0.300 e. The number of hydrogen-bond acceptors (Lipinski definition) is 1. The molecule has 0 aliphatic heterocycles. The Balaban J connectivity index is 2.96. The Labute approximate surface area is 55.7 Å². The van der Waals surface area contributed by atoms with Crippen LogP contribution >= 0.6 is 0 Å². The lowest BCUT2D eigenvalue weighted by atomic mass is 10.0. The van der Waals surface area contributed by atoms with Crippen LogP contribution in [0, 0.1) is 5.92 Å². The molecule has 1 aliphatic rings. The van der Waals surface area contributed by atoms with E-state index in [-0.39, 0.29) is 18.6 Å². The highest BCUT2D eigenvalue weighted by Crippen LogP contribution is 2.24. The lowest BCUT2D eigenvalue weighted by Gasteiger charge is -1.99. The van der Waals surface area contributed by atoms with Crippen molar-refractivity contribution in [3.8, 4) is 0 Å². The number of carbonyl (C=O) groups excluding carboxylic acids is 1. The number of ketones is 1. The second-order valence-corrected chi connectivity index (χ2v) is 1.95. The first-order valence-corrected chi connectivity index (χ1v) is 2.78. The van der Waals surface area contributed by atoms with Gasteiger partial charge in [-0.2, -0.15) is 0 Å². The number of hydrogen-bond donors (Lipinski definition) is 0. The monoisotopic (exact) mass is 116 g/mol. The van der Waals surface area contributed by atoms with Crippen LogP contribution in [0.4, 0.5) is 0 Å². The maximum absolute atomic E-state index is 11.0. The summed E-state index contributed by atoms with van der Waals surface area (Å²) in [7, 11) is 0. The van der Waals surface area contributed by atoms with E-state index in [4.69, 9.17) is 5.48 Å². The Morgan fingerprint density at radius 2 is 2.12 bits per heavy atom. The summed E-state index contributed by atoms with van der Waals surface area (Å²) in [6.45, 7) is 1.26. The molecule has 0 N–H and O–H groups in total. The summed E-state index contributed by atoms with van der Waals surface area (Å²) >= 11 is 0. The van der Waals surface area contributed by atoms with Crippen molar-refractivity contribution >= 4 is 5.78 Å². The first kappa shape index (κ1) is 2.51. The van der Waals surface area contributed by atoms with Crippen LogP contribution in [0.5, 0.6) is 0 Å². The normalized spacial score (nSPS) is 41.6. The van der Waals surface area contributed by atoms with Crippen LogP contribution in [0.3, 0.4) is 0 Å². The van der Waals surface area contributed by atoms with Crippen molar-refractivity contribution in [3.05, 3.63) is 0 Å². The molecule has 0 bridgehead atoms. The van der Waals surface area contributed by atoms with Gasteiger partial charge < -0.3 is 0 Å². The van der Waals surface area contributed by atoms with E-state index in [1.165, 1.54) is 6.92 Å². The first-order chi connectivity index (χ1) is 5.27. The van der Waals surface area contributed by atoms with E-state index in [0.29, 0.717) is 0 Å². The van der Waals surface area contributed by atoms with Gasteiger partial charge in [0.15, 0.2) is 0 Å². The molecule has 1 rings (SSSR count). The molecule has 0 aromatic carbocycles. The second-order valence-electron chi connectivity index (χ2n) is 1.95. The molecule has 0 saturated heterocycles. The summed E-state index contributed by atoms with van der Waals surface area (Å²) in [5.41, 5.74) is 0. The molecule has 1 heteroatoms. The van der Waals surface area contributed by atoms with Crippen LogP contribution < -0.4 is 0 Å². The molecule has 1 fully saturated rings. The third-order valence-electron chi connectivity index (χ3n) is 1.23. The molecular formula is C7H12O. The van der Waals surface area contributed by atoms with Crippen LogP contribution in [0.25, 0.3) is 0 Å². The first-order valence-electron chi connectivity index (χ1n) is 4.78. The molecular weight excluding hydrogens is 100 g/mol. The average molecular weight is 116 g/mol. The quantitative estimate of drug-likeness (QED) is 0.510. The van der Waals surface area contributed by atoms with E-state index in [1.807, 2.05) is 0 Å². The largest absolute Gasteiger partial charge is 0.300 e. The predicted molar refractivity (Wildman–Crippen MR) is 32.6 cm³/mol. The number of Topliss-reactive ketones (excluding diaryl/α,β-unsaturated/α-hetero) is 1. The van der Waals surface area contributed by atoms with Crippen molar-refractivity contribution in [1.82, 2.24) is 0 Å². The predicted octanol–water partition coefficient (Wildman–Crippen LogP) is 1.77. The molecule has 0 atom stereocenters. The van der Waals surface area contributed by atoms with Gasteiger partial charge in [-0.3, -0.25) is 4.79 Å². The lowest BCUT2D eigenvalue weighted by Crippen LogP contribution is -2.04. The fourth-order valence-electron chi connectivity index (χ4n) is 0.793. The van der Waals surface area contributed by atoms with Gasteiger partial charge in [-0.1, -0.05) is 12.8 Å². The Morgan fingerprint density at radius 3 is 2.38 bits per heavy atom. The van der Waals surface area contributed by atoms with E-state index < -0.39 is 18.7 Å². The topological polar surface area (TPSA) is 17.1 Å². The molecule has 1 aliphatic carbocycles. The van der Waals surface area contributed by atoms with E-state index in [1.54, 1.807) is 0 Å². The highest BCUT2D eigenvalue weighted by molar-refractivity contribution is 5.78. The molecule has 0 spiro atoms. The summed E-state index contributed by atoms with van der Waals surface area (Å²) in [6, 6.07) is 0. The van der Waals surface area contributed by atoms with Crippen molar-refractivity contribution in [3.63, 3.8) is 0 Å². The van der Waals surface area contributed by atoms with Crippen molar-refractivity contribution in [2.75, 3.05) is 0 Å². The third kappa shape index (κ3) is 1.09. The van der Waals surface area contributed by atoms with Gasteiger partial charge in [0.05, 0.1) is 0 Å². The molecule has 0 radical (unpaired) electrons. The van der Waals surface area contributed by atoms with Gasteiger partial charge in [-0.15, -0.1) is 0 Å². The molecule has 0 aromatic rings. The summed E-state index contributed by atoms with van der Waals surface area (Å²) in [4.78, 5) is 11.0. The summed E-state index contributed by atoms with van der Waals surface area (Å²) < 4.78 is 29.7. The zero-order valence-electron chi connectivity index (χ0n) is 8.90. The van der Waals surface area contributed by atoms with Crippen LogP contribution in [0.15, 0.2) is 0 Å². The van der Waals surface area contributed by atoms with Crippen molar-refractivity contribution in [2.45, 2.75) is 32.5 Å². The summed E-state index contributed by atoms with van der Waals surface area (Å²) in [5, 5.41) is 0. The molecule has 0 heterocycles. The molecule has 1 saturated carbocycles.